The number of carbonyl (C=O) groups is 3. The van der Waals surface area contributed by atoms with Crippen molar-refractivity contribution < 1.29 is 28.6 Å². The summed E-state index contributed by atoms with van der Waals surface area (Å²) in [5, 5.41) is 12.3. The zero-order valence-electron chi connectivity index (χ0n) is 24.3. The molecule has 3 fully saturated rings. The van der Waals surface area contributed by atoms with Gasteiger partial charge in [0, 0.05) is 18.2 Å². The Bertz CT molecular complexity index is 1150. The lowest BCUT2D eigenvalue weighted by Crippen LogP contribution is -2.59. The molecule has 0 bridgehead atoms. The molecule has 13 nitrogen and oxygen atoms in total. The summed E-state index contributed by atoms with van der Waals surface area (Å²) < 4.78 is 18.8. The lowest BCUT2D eigenvalue weighted by atomic mass is 9.89. The van der Waals surface area contributed by atoms with E-state index >= 15 is 0 Å². The maximum Gasteiger partial charge on any atom is 0.511 e. The lowest BCUT2D eigenvalue weighted by Gasteiger charge is -2.48. The molecule has 1 amide bonds. The molecule has 2 aliphatic carbocycles. The third-order valence-electron chi connectivity index (χ3n) is 8.08. The second-order valence-electron chi connectivity index (χ2n) is 11.7. The Hall–Kier alpha value is -2.36. The Labute approximate surface area is 254 Å². The number of fused-ring (bicyclic) bond motifs is 1. The molecule has 42 heavy (non-hydrogen) atoms. The summed E-state index contributed by atoms with van der Waals surface area (Å²) in [5.74, 6) is -0.678. The van der Waals surface area contributed by atoms with Gasteiger partial charge in [0.25, 0.3) is 6.29 Å². The number of aromatic nitrogens is 4. The van der Waals surface area contributed by atoms with E-state index in [9.17, 15) is 14.4 Å². The van der Waals surface area contributed by atoms with Gasteiger partial charge < -0.3 is 24.8 Å². The van der Waals surface area contributed by atoms with Gasteiger partial charge >= 0.3 is 12.1 Å². The van der Waals surface area contributed by atoms with Crippen molar-refractivity contribution in [3.05, 3.63) is 11.8 Å². The van der Waals surface area contributed by atoms with Crippen LogP contribution in [-0.2, 0) is 30.3 Å². The van der Waals surface area contributed by atoms with Gasteiger partial charge in [-0.25, -0.2) is 14.3 Å². The van der Waals surface area contributed by atoms with Crippen molar-refractivity contribution >= 4 is 41.6 Å². The minimum absolute atomic E-state index is 0.0790. The number of tetrazole rings is 1. The lowest BCUT2D eigenvalue weighted by molar-refractivity contribution is -0.184. The normalized spacial score (nSPS) is 25.8. The highest BCUT2D eigenvalue weighted by Crippen LogP contribution is 2.46. The van der Waals surface area contributed by atoms with Crippen molar-refractivity contribution in [3.63, 3.8) is 0 Å². The van der Waals surface area contributed by atoms with Crippen LogP contribution in [0.3, 0.4) is 0 Å². The van der Waals surface area contributed by atoms with Crippen molar-refractivity contribution in [2.75, 3.05) is 26.4 Å². The smallest absolute Gasteiger partial charge is 0.431 e. The number of thioether (sulfide) groups is 2. The average molecular weight is 624 g/mol. The van der Waals surface area contributed by atoms with Gasteiger partial charge in [-0.05, 0) is 69.1 Å². The number of amides is 1. The predicted molar refractivity (Wildman–Crippen MR) is 156 cm³/mol. The standard InChI is InChI=1S/C27H41N7O6S2/c1-32(2)13-14-33-25(29-30-31-33)41-17-27(28)16-20(34-21(35)15-22(34)42-27)23(36)39-24(18-9-5-3-6-10-18)40-26(37)38-19-11-7-4-8-12-19/h16,18-19,22,24H,3-15,17,28H2,1-2H3/t22-,24?,27?/m1/s1. The monoisotopic (exact) mass is 623 g/mol. The first-order valence-electron chi connectivity index (χ1n) is 14.8. The zero-order valence-corrected chi connectivity index (χ0v) is 25.9. The Morgan fingerprint density at radius 1 is 1.14 bits per heavy atom. The van der Waals surface area contributed by atoms with E-state index in [1.54, 1.807) is 10.8 Å². The molecule has 2 aliphatic heterocycles. The Kier molecular flexibility index (Phi) is 10.3. The quantitative estimate of drug-likeness (QED) is 0.166. The number of rotatable bonds is 11. The number of hydrogen-bond acceptors (Lipinski definition) is 13. The number of ether oxygens (including phenoxy) is 3. The van der Waals surface area contributed by atoms with Crippen molar-refractivity contribution in [1.82, 2.24) is 30.0 Å². The van der Waals surface area contributed by atoms with Crippen LogP contribution < -0.4 is 5.73 Å². The molecule has 1 aromatic rings. The number of carbonyl (C=O) groups excluding carboxylic acids is 3. The van der Waals surface area contributed by atoms with Crippen LogP contribution in [0.25, 0.3) is 0 Å². The number of β-lactam (4-membered cyclic amide) rings is 1. The largest absolute Gasteiger partial charge is 0.511 e. The van der Waals surface area contributed by atoms with Crippen LogP contribution in [0, 0.1) is 5.92 Å². The average Bonchev–Trinajstić information content (AvgIpc) is 3.42. The van der Waals surface area contributed by atoms with Crippen LogP contribution in [0.4, 0.5) is 4.79 Å². The number of hydrogen-bond donors (Lipinski definition) is 1. The topological polar surface area (TPSA) is 155 Å². The van der Waals surface area contributed by atoms with Crippen LogP contribution in [0.5, 0.6) is 0 Å². The molecule has 0 aromatic carbocycles. The van der Waals surface area contributed by atoms with Gasteiger partial charge in [-0.3, -0.25) is 9.69 Å². The van der Waals surface area contributed by atoms with E-state index in [0.29, 0.717) is 17.5 Å². The van der Waals surface area contributed by atoms with E-state index in [2.05, 4.69) is 15.5 Å². The molecule has 2 unspecified atom stereocenters. The third kappa shape index (κ3) is 7.77. The van der Waals surface area contributed by atoms with E-state index in [1.165, 1.54) is 28.4 Å². The molecular formula is C27H41N7O6S2. The molecule has 232 valence electrons. The molecule has 1 aromatic heterocycles. The fourth-order valence-corrected chi connectivity index (χ4v) is 8.24. The number of esters is 1. The predicted octanol–water partition coefficient (Wildman–Crippen LogP) is 3.11. The Balaban J connectivity index is 1.28. The van der Waals surface area contributed by atoms with Gasteiger partial charge in [-0.1, -0.05) is 37.4 Å². The number of nitrogens with zero attached hydrogens (tertiary/aromatic N) is 6. The first-order valence-corrected chi connectivity index (χ1v) is 16.7. The molecule has 0 radical (unpaired) electrons. The van der Waals surface area contributed by atoms with Crippen molar-refractivity contribution in [2.45, 2.75) is 105 Å². The molecule has 0 spiro atoms. The highest BCUT2D eigenvalue weighted by atomic mass is 32.2. The van der Waals surface area contributed by atoms with Gasteiger partial charge in [-0.15, -0.1) is 16.9 Å². The zero-order chi connectivity index (χ0) is 29.7. The maximum absolute atomic E-state index is 13.7. The summed E-state index contributed by atoms with van der Waals surface area (Å²) in [4.78, 5) is 41.5. The summed E-state index contributed by atoms with van der Waals surface area (Å²) in [7, 11) is 3.96. The van der Waals surface area contributed by atoms with Gasteiger partial charge in [0.05, 0.1) is 23.2 Å². The third-order valence-corrected chi connectivity index (χ3v) is 10.8. The maximum atomic E-state index is 13.7. The van der Waals surface area contributed by atoms with Crippen molar-refractivity contribution in [3.8, 4) is 0 Å². The van der Waals surface area contributed by atoms with Crippen LogP contribution in [-0.4, -0.2) is 97.1 Å². The summed E-state index contributed by atoms with van der Waals surface area (Å²) in [5.41, 5.74) is 6.87. The van der Waals surface area contributed by atoms with Gasteiger partial charge in [0.1, 0.15) is 11.8 Å². The second kappa shape index (κ2) is 14.0. The van der Waals surface area contributed by atoms with E-state index in [4.69, 9.17) is 19.9 Å². The highest BCUT2D eigenvalue weighted by molar-refractivity contribution is 8.04. The fraction of sp³-hybridized carbons (Fsp3) is 0.778. The SMILES string of the molecule is CN(C)CCn1nnnc1SCC1(N)C=C(C(=O)OC(OC(=O)OC2CCCCC2)C2CCCCC2)N2C(=O)C[C@H]2S1. The first kappa shape index (κ1) is 31.1. The van der Waals surface area contributed by atoms with Gasteiger partial charge in [0.2, 0.25) is 11.1 Å². The Morgan fingerprint density at radius 3 is 2.55 bits per heavy atom. The minimum atomic E-state index is -1.10. The van der Waals surface area contributed by atoms with Crippen LogP contribution in [0.2, 0.25) is 0 Å². The van der Waals surface area contributed by atoms with Crippen molar-refractivity contribution in [1.29, 1.82) is 0 Å². The van der Waals surface area contributed by atoms with Crippen LogP contribution in [0.15, 0.2) is 16.9 Å². The van der Waals surface area contributed by atoms with Crippen molar-refractivity contribution in [2.24, 2.45) is 11.7 Å². The minimum Gasteiger partial charge on any atom is -0.431 e. The summed E-state index contributed by atoms with van der Waals surface area (Å²) in [6.07, 6.45) is 9.12. The molecule has 3 atom stereocenters. The van der Waals surface area contributed by atoms with E-state index < -0.39 is 23.3 Å². The van der Waals surface area contributed by atoms with E-state index in [-0.39, 0.29) is 35.4 Å². The summed E-state index contributed by atoms with van der Waals surface area (Å²) in [6.45, 7) is 1.39. The van der Waals surface area contributed by atoms with E-state index in [0.717, 1.165) is 70.8 Å². The first-order chi connectivity index (χ1) is 20.2. The summed E-state index contributed by atoms with van der Waals surface area (Å²) in [6, 6.07) is 0. The van der Waals surface area contributed by atoms with Gasteiger partial charge in [-0.2, -0.15) is 0 Å². The number of likely N-dealkylation sites (N-methyl/N-ethyl adjacent to an activating group) is 1. The van der Waals surface area contributed by atoms with Crippen LogP contribution in [0.1, 0.15) is 70.6 Å². The number of nitrogens with two attached hydrogens (primary N) is 1. The second-order valence-corrected chi connectivity index (χ2v) is 14.2. The van der Waals surface area contributed by atoms with E-state index in [1.807, 2.05) is 19.0 Å². The molecule has 4 aliphatic rings. The van der Waals surface area contributed by atoms with Gasteiger partial charge in [0.15, 0.2) is 0 Å². The van der Waals surface area contributed by atoms with Crippen LogP contribution >= 0.6 is 23.5 Å². The Morgan fingerprint density at radius 2 is 1.86 bits per heavy atom. The molecule has 2 saturated carbocycles. The molecule has 3 heterocycles. The fourth-order valence-electron chi connectivity index (χ4n) is 5.73. The molecular weight excluding hydrogens is 582 g/mol. The molecule has 2 N–H and O–H groups in total. The highest BCUT2D eigenvalue weighted by Gasteiger charge is 2.50. The molecule has 1 saturated heterocycles. The summed E-state index contributed by atoms with van der Waals surface area (Å²) >= 11 is 2.81. The molecule has 15 heteroatoms. The molecule has 5 rings (SSSR count).